The normalized spacial score (nSPS) is 22.7. The maximum absolute atomic E-state index is 5.81. The summed E-state index contributed by atoms with van der Waals surface area (Å²) in [5.74, 6) is 1.60. The Morgan fingerprint density at radius 1 is 1.19 bits per heavy atom. The van der Waals surface area contributed by atoms with Gasteiger partial charge in [0.1, 0.15) is 0 Å². The first-order valence-corrected chi connectivity index (χ1v) is 10.2. The minimum absolute atomic E-state index is 0. The van der Waals surface area contributed by atoms with Crippen molar-refractivity contribution in [2.45, 2.75) is 51.5 Å². The molecular formula is C19H39IN4O2. The molecule has 0 amide bonds. The number of guanidine groups is 1. The number of aliphatic imine (C=N–C) groups is 1. The average Bonchev–Trinajstić information content (AvgIpc) is 2.68. The van der Waals surface area contributed by atoms with Crippen LogP contribution in [0.4, 0.5) is 0 Å². The summed E-state index contributed by atoms with van der Waals surface area (Å²) in [4.78, 5) is 6.91. The van der Waals surface area contributed by atoms with Gasteiger partial charge >= 0.3 is 0 Å². The molecule has 0 saturated carbocycles. The zero-order chi connectivity index (χ0) is 17.7. The van der Waals surface area contributed by atoms with Crippen LogP contribution in [0.3, 0.4) is 0 Å². The Hall–Kier alpha value is -0.120. The van der Waals surface area contributed by atoms with Crippen LogP contribution < -0.4 is 10.6 Å². The zero-order valence-corrected chi connectivity index (χ0v) is 19.0. The summed E-state index contributed by atoms with van der Waals surface area (Å²) >= 11 is 0. The second kappa shape index (κ2) is 14.9. The minimum Gasteiger partial charge on any atom is -0.381 e. The first kappa shape index (κ1) is 23.9. The van der Waals surface area contributed by atoms with Crippen LogP contribution in [0.5, 0.6) is 0 Å². The molecule has 6 nitrogen and oxygen atoms in total. The Labute approximate surface area is 176 Å². The van der Waals surface area contributed by atoms with Crippen LogP contribution in [0.25, 0.3) is 0 Å². The average molecular weight is 482 g/mol. The smallest absolute Gasteiger partial charge is 0.191 e. The van der Waals surface area contributed by atoms with E-state index in [9.17, 15) is 0 Å². The third kappa shape index (κ3) is 9.19. The van der Waals surface area contributed by atoms with Gasteiger partial charge in [0.25, 0.3) is 0 Å². The largest absolute Gasteiger partial charge is 0.381 e. The third-order valence-corrected chi connectivity index (χ3v) is 5.34. The molecule has 7 heteroatoms. The van der Waals surface area contributed by atoms with Crippen molar-refractivity contribution in [3.05, 3.63) is 0 Å². The molecule has 2 N–H and O–H groups in total. The van der Waals surface area contributed by atoms with E-state index in [4.69, 9.17) is 9.47 Å². The van der Waals surface area contributed by atoms with Gasteiger partial charge in [-0.25, -0.2) is 0 Å². The van der Waals surface area contributed by atoms with Crippen molar-refractivity contribution in [2.75, 3.05) is 59.7 Å². The van der Waals surface area contributed by atoms with Gasteiger partial charge in [-0.05, 0) is 51.1 Å². The van der Waals surface area contributed by atoms with E-state index in [0.717, 1.165) is 71.3 Å². The molecule has 2 aliphatic rings. The Bertz CT molecular complexity index is 379. The Kier molecular flexibility index (Phi) is 13.7. The molecule has 0 aromatic carbocycles. The highest BCUT2D eigenvalue weighted by molar-refractivity contribution is 14.0. The lowest BCUT2D eigenvalue weighted by atomic mass is 10.0. The van der Waals surface area contributed by atoms with E-state index in [0.29, 0.717) is 12.0 Å². The first-order valence-electron chi connectivity index (χ1n) is 10.2. The quantitative estimate of drug-likeness (QED) is 0.229. The molecular weight excluding hydrogens is 443 g/mol. The highest BCUT2D eigenvalue weighted by Crippen LogP contribution is 2.16. The predicted molar refractivity (Wildman–Crippen MR) is 119 cm³/mol. The molecule has 0 aromatic rings. The second-order valence-electron chi connectivity index (χ2n) is 7.14. The molecule has 26 heavy (non-hydrogen) atoms. The summed E-state index contributed by atoms with van der Waals surface area (Å²) in [6.07, 6.45) is 7.27. The van der Waals surface area contributed by atoms with E-state index in [2.05, 4.69) is 27.4 Å². The van der Waals surface area contributed by atoms with Gasteiger partial charge < -0.3 is 20.1 Å². The highest BCUT2D eigenvalue weighted by Gasteiger charge is 2.20. The first-order chi connectivity index (χ1) is 12.3. The summed E-state index contributed by atoms with van der Waals surface area (Å²) in [7, 11) is 1.84. The van der Waals surface area contributed by atoms with Gasteiger partial charge in [0.05, 0.1) is 0 Å². The van der Waals surface area contributed by atoms with Crippen molar-refractivity contribution >= 4 is 29.9 Å². The number of hydrogen-bond acceptors (Lipinski definition) is 4. The molecule has 2 rings (SSSR count). The molecule has 154 valence electrons. The number of ether oxygens (including phenoxy) is 2. The SMILES string of the molecule is CCN1CCCCC1CNC(=NC)NCCCOCC1CCOCC1.I. The summed E-state index contributed by atoms with van der Waals surface area (Å²) < 4.78 is 11.2. The van der Waals surface area contributed by atoms with Gasteiger partial charge in [0.2, 0.25) is 0 Å². The molecule has 0 aromatic heterocycles. The van der Waals surface area contributed by atoms with Crippen molar-refractivity contribution in [3.8, 4) is 0 Å². The summed E-state index contributed by atoms with van der Waals surface area (Å²) in [6, 6.07) is 0.639. The maximum atomic E-state index is 5.81. The summed E-state index contributed by atoms with van der Waals surface area (Å²) in [5.41, 5.74) is 0. The fourth-order valence-corrected chi connectivity index (χ4v) is 3.69. The van der Waals surface area contributed by atoms with Crippen molar-refractivity contribution < 1.29 is 9.47 Å². The van der Waals surface area contributed by atoms with E-state index in [1.54, 1.807) is 0 Å². The number of rotatable bonds is 9. The lowest BCUT2D eigenvalue weighted by molar-refractivity contribution is 0.0203. The molecule has 0 radical (unpaired) electrons. The monoisotopic (exact) mass is 482 g/mol. The Morgan fingerprint density at radius 2 is 2.00 bits per heavy atom. The number of likely N-dealkylation sites (N-methyl/N-ethyl adjacent to an activating group) is 1. The van der Waals surface area contributed by atoms with Crippen LogP contribution in [-0.4, -0.2) is 76.6 Å². The van der Waals surface area contributed by atoms with Crippen molar-refractivity contribution in [2.24, 2.45) is 10.9 Å². The van der Waals surface area contributed by atoms with Gasteiger partial charge in [-0.1, -0.05) is 13.3 Å². The highest BCUT2D eigenvalue weighted by atomic mass is 127. The van der Waals surface area contributed by atoms with Gasteiger partial charge in [0, 0.05) is 52.6 Å². The number of halogens is 1. The lowest BCUT2D eigenvalue weighted by Gasteiger charge is -2.35. The van der Waals surface area contributed by atoms with Crippen molar-refractivity contribution in [1.29, 1.82) is 0 Å². The number of piperidine rings is 1. The fourth-order valence-electron chi connectivity index (χ4n) is 3.69. The van der Waals surface area contributed by atoms with E-state index in [1.807, 2.05) is 7.05 Å². The summed E-state index contributed by atoms with van der Waals surface area (Å²) in [6.45, 7) is 10.00. The van der Waals surface area contributed by atoms with Crippen LogP contribution in [0.15, 0.2) is 4.99 Å². The molecule has 2 fully saturated rings. The third-order valence-electron chi connectivity index (χ3n) is 5.34. The molecule has 1 unspecified atom stereocenters. The van der Waals surface area contributed by atoms with Crippen LogP contribution in [0.1, 0.15) is 45.4 Å². The Balaban J connectivity index is 0.00000338. The number of hydrogen-bond donors (Lipinski definition) is 2. The molecule has 2 aliphatic heterocycles. The van der Waals surface area contributed by atoms with Crippen LogP contribution in [-0.2, 0) is 9.47 Å². The van der Waals surface area contributed by atoms with Crippen LogP contribution >= 0.6 is 24.0 Å². The number of nitrogens with one attached hydrogen (secondary N) is 2. The minimum atomic E-state index is 0. The van der Waals surface area contributed by atoms with Gasteiger partial charge in [-0.2, -0.15) is 0 Å². The lowest BCUT2D eigenvalue weighted by Crippen LogP contribution is -2.49. The second-order valence-corrected chi connectivity index (χ2v) is 7.14. The van der Waals surface area contributed by atoms with Gasteiger partial charge in [-0.3, -0.25) is 9.89 Å². The fraction of sp³-hybridized carbons (Fsp3) is 0.947. The Morgan fingerprint density at radius 3 is 2.73 bits per heavy atom. The summed E-state index contributed by atoms with van der Waals surface area (Å²) in [5, 5.41) is 6.89. The van der Waals surface area contributed by atoms with Crippen molar-refractivity contribution in [3.63, 3.8) is 0 Å². The topological polar surface area (TPSA) is 58.1 Å². The molecule has 2 heterocycles. The maximum Gasteiger partial charge on any atom is 0.191 e. The molecule has 0 bridgehead atoms. The predicted octanol–water partition coefficient (Wildman–Crippen LogP) is 2.48. The van der Waals surface area contributed by atoms with E-state index >= 15 is 0 Å². The van der Waals surface area contributed by atoms with E-state index in [1.165, 1.54) is 25.8 Å². The molecule has 2 saturated heterocycles. The van der Waals surface area contributed by atoms with Crippen LogP contribution in [0, 0.1) is 5.92 Å². The van der Waals surface area contributed by atoms with E-state index < -0.39 is 0 Å². The number of likely N-dealkylation sites (tertiary alicyclic amines) is 1. The zero-order valence-electron chi connectivity index (χ0n) is 16.7. The van der Waals surface area contributed by atoms with E-state index in [-0.39, 0.29) is 24.0 Å². The molecule has 0 spiro atoms. The standard InChI is InChI=1S/C19H38N4O2.HI/c1-3-23-11-5-4-7-18(23)15-22-19(20-2)21-10-6-12-25-16-17-8-13-24-14-9-17;/h17-18H,3-16H2,1-2H3,(H2,20,21,22);1H. The van der Waals surface area contributed by atoms with Crippen LogP contribution in [0.2, 0.25) is 0 Å². The number of nitrogens with zero attached hydrogens (tertiary/aromatic N) is 2. The van der Waals surface area contributed by atoms with Gasteiger partial charge in [0.15, 0.2) is 5.96 Å². The van der Waals surface area contributed by atoms with Gasteiger partial charge in [-0.15, -0.1) is 24.0 Å². The molecule has 0 aliphatic carbocycles. The molecule has 1 atom stereocenters. The van der Waals surface area contributed by atoms with Crippen molar-refractivity contribution in [1.82, 2.24) is 15.5 Å².